The molecule has 0 fully saturated rings. The fraction of sp³-hybridized carbons (Fsp3) is 0.300. The second-order valence-electron chi connectivity index (χ2n) is 3.53. The monoisotopic (exact) mass is 274 g/mol. The Morgan fingerprint density at radius 1 is 1.56 bits per heavy atom. The number of carboxylic acids is 1. The molecular formula is C10H11FN2O4S. The molecule has 3 N–H and O–H groups in total. The Bertz CT molecular complexity index is 469. The molecule has 0 heterocycles. The van der Waals surface area contributed by atoms with Gasteiger partial charge in [0.1, 0.15) is 11.9 Å². The zero-order chi connectivity index (χ0) is 13.7. The number of nitrogens with two attached hydrogens (primary N) is 1. The summed E-state index contributed by atoms with van der Waals surface area (Å²) in [6.07, 6.45) is 0. The van der Waals surface area contributed by atoms with Crippen molar-refractivity contribution in [1.82, 2.24) is 0 Å². The summed E-state index contributed by atoms with van der Waals surface area (Å²) in [7, 11) is 0. The minimum atomic E-state index is -1.12. The first kappa shape index (κ1) is 14.4. The molecule has 0 aliphatic carbocycles. The molecule has 1 aromatic rings. The highest BCUT2D eigenvalue weighted by Gasteiger charge is 2.13. The van der Waals surface area contributed by atoms with Crippen molar-refractivity contribution in [3.63, 3.8) is 0 Å². The Morgan fingerprint density at radius 3 is 2.78 bits per heavy atom. The van der Waals surface area contributed by atoms with Crippen LogP contribution in [0.2, 0.25) is 0 Å². The Hall–Kier alpha value is -1.67. The standard InChI is InChI=1S/C10H11FN2O4S/c11-7-1-6(2-8(3-7)13(16)17)4-18-5-9(12)10(14)15/h1-3,9H,4-5,12H2,(H,14,15). The van der Waals surface area contributed by atoms with Gasteiger partial charge in [-0.25, -0.2) is 4.39 Å². The maximum Gasteiger partial charge on any atom is 0.321 e. The summed E-state index contributed by atoms with van der Waals surface area (Å²) < 4.78 is 13.1. The predicted molar refractivity (Wildman–Crippen MR) is 64.8 cm³/mol. The summed E-state index contributed by atoms with van der Waals surface area (Å²) in [6.45, 7) is 0. The second kappa shape index (κ2) is 6.31. The van der Waals surface area contributed by atoms with E-state index in [1.807, 2.05) is 0 Å². The van der Waals surface area contributed by atoms with Crippen LogP contribution in [-0.2, 0) is 10.5 Å². The van der Waals surface area contributed by atoms with Gasteiger partial charge in [-0.1, -0.05) is 0 Å². The van der Waals surface area contributed by atoms with E-state index < -0.39 is 22.8 Å². The van der Waals surface area contributed by atoms with Gasteiger partial charge in [-0.2, -0.15) is 11.8 Å². The van der Waals surface area contributed by atoms with Crippen molar-refractivity contribution in [3.05, 3.63) is 39.7 Å². The lowest BCUT2D eigenvalue weighted by Gasteiger charge is -2.06. The van der Waals surface area contributed by atoms with Gasteiger partial charge in [-0.05, 0) is 11.6 Å². The second-order valence-corrected chi connectivity index (χ2v) is 4.56. The summed E-state index contributed by atoms with van der Waals surface area (Å²) in [5, 5.41) is 19.1. The van der Waals surface area contributed by atoms with Crippen LogP contribution in [0.15, 0.2) is 18.2 Å². The molecule has 0 spiro atoms. The SMILES string of the molecule is NC(CSCc1cc(F)cc([N+](=O)[O-])c1)C(=O)O. The highest BCUT2D eigenvalue weighted by molar-refractivity contribution is 7.98. The van der Waals surface area contributed by atoms with Crippen LogP contribution in [0.5, 0.6) is 0 Å². The normalized spacial score (nSPS) is 12.1. The molecule has 0 bridgehead atoms. The number of thioether (sulfide) groups is 1. The lowest BCUT2D eigenvalue weighted by Crippen LogP contribution is -2.32. The van der Waals surface area contributed by atoms with Crippen LogP contribution in [0.3, 0.4) is 0 Å². The molecule has 0 aliphatic rings. The molecular weight excluding hydrogens is 263 g/mol. The summed E-state index contributed by atoms with van der Waals surface area (Å²) in [5.41, 5.74) is 5.38. The van der Waals surface area contributed by atoms with Gasteiger partial charge in [-0.3, -0.25) is 14.9 Å². The first-order valence-corrected chi connectivity index (χ1v) is 6.05. The Morgan fingerprint density at radius 2 is 2.22 bits per heavy atom. The van der Waals surface area contributed by atoms with Gasteiger partial charge in [0.05, 0.1) is 11.0 Å². The van der Waals surface area contributed by atoms with E-state index in [9.17, 15) is 19.3 Å². The van der Waals surface area contributed by atoms with Crippen LogP contribution in [-0.4, -0.2) is 27.8 Å². The third kappa shape index (κ3) is 4.30. The number of nitro benzene ring substituents is 1. The average Bonchev–Trinajstić information content (AvgIpc) is 2.27. The van der Waals surface area contributed by atoms with E-state index in [4.69, 9.17) is 10.8 Å². The van der Waals surface area contributed by atoms with Crippen molar-refractivity contribution in [1.29, 1.82) is 0 Å². The molecule has 0 aliphatic heterocycles. The van der Waals surface area contributed by atoms with Crippen LogP contribution < -0.4 is 5.73 Å². The van der Waals surface area contributed by atoms with E-state index in [2.05, 4.69) is 0 Å². The lowest BCUT2D eigenvalue weighted by atomic mass is 10.2. The lowest BCUT2D eigenvalue weighted by molar-refractivity contribution is -0.385. The minimum Gasteiger partial charge on any atom is -0.480 e. The number of benzene rings is 1. The molecule has 1 unspecified atom stereocenters. The van der Waals surface area contributed by atoms with Crippen molar-refractivity contribution in [2.24, 2.45) is 5.73 Å². The van der Waals surface area contributed by atoms with Crippen molar-refractivity contribution in [2.45, 2.75) is 11.8 Å². The Labute approximate surface area is 106 Å². The number of nitro groups is 1. The molecule has 1 rings (SSSR count). The predicted octanol–water partition coefficient (Wildman–Crippen LogP) is 1.38. The topological polar surface area (TPSA) is 106 Å². The Balaban J connectivity index is 2.62. The maximum absolute atomic E-state index is 13.1. The number of non-ortho nitro benzene ring substituents is 1. The highest BCUT2D eigenvalue weighted by Crippen LogP contribution is 2.20. The van der Waals surface area contributed by atoms with Crippen LogP contribution in [0.4, 0.5) is 10.1 Å². The number of hydrogen-bond donors (Lipinski definition) is 2. The highest BCUT2D eigenvalue weighted by atomic mass is 32.2. The molecule has 0 aromatic heterocycles. The summed E-state index contributed by atoms with van der Waals surface area (Å²) in [4.78, 5) is 20.3. The van der Waals surface area contributed by atoms with Gasteiger partial charge in [-0.15, -0.1) is 0 Å². The van der Waals surface area contributed by atoms with E-state index in [-0.39, 0.29) is 17.2 Å². The third-order valence-electron chi connectivity index (χ3n) is 2.04. The molecule has 8 heteroatoms. The number of halogens is 1. The fourth-order valence-corrected chi connectivity index (χ4v) is 2.11. The van der Waals surface area contributed by atoms with Gasteiger partial charge in [0.15, 0.2) is 0 Å². The largest absolute Gasteiger partial charge is 0.480 e. The minimum absolute atomic E-state index is 0.152. The van der Waals surface area contributed by atoms with Crippen LogP contribution in [0, 0.1) is 15.9 Å². The van der Waals surface area contributed by atoms with Gasteiger partial charge >= 0.3 is 5.97 Å². The zero-order valence-corrected chi connectivity index (χ0v) is 10.0. The van der Waals surface area contributed by atoms with Gasteiger partial charge < -0.3 is 10.8 Å². The van der Waals surface area contributed by atoms with Crippen molar-refractivity contribution in [3.8, 4) is 0 Å². The number of rotatable bonds is 6. The van der Waals surface area contributed by atoms with Gasteiger partial charge in [0, 0.05) is 17.6 Å². The molecule has 0 radical (unpaired) electrons. The molecule has 6 nitrogen and oxygen atoms in total. The number of hydrogen-bond acceptors (Lipinski definition) is 5. The molecule has 1 atom stereocenters. The van der Waals surface area contributed by atoms with Crippen LogP contribution in [0.1, 0.15) is 5.56 Å². The third-order valence-corrected chi connectivity index (χ3v) is 3.17. The number of nitrogens with zero attached hydrogens (tertiary/aromatic N) is 1. The molecule has 0 saturated heterocycles. The maximum atomic E-state index is 13.1. The first-order chi connectivity index (χ1) is 8.40. The van der Waals surface area contributed by atoms with E-state index in [1.165, 1.54) is 23.9 Å². The smallest absolute Gasteiger partial charge is 0.321 e. The quantitative estimate of drug-likeness (QED) is 0.599. The van der Waals surface area contributed by atoms with Crippen molar-refractivity contribution < 1.29 is 19.2 Å². The first-order valence-electron chi connectivity index (χ1n) is 4.90. The molecule has 0 saturated carbocycles. The molecule has 1 aromatic carbocycles. The van der Waals surface area contributed by atoms with Crippen molar-refractivity contribution in [2.75, 3.05) is 5.75 Å². The Kier molecular flexibility index (Phi) is 5.05. The van der Waals surface area contributed by atoms with Gasteiger partial charge in [0.25, 0.3) is 5.69 Å². The summed E-state index contributed by atoms with van der Waals surface area (Å²) in [6, 6.07) is 2.25. The van der Waals surface area contributed by atoms with Crippen LogP contribution in [0.25, 0.3) is 0 Å². The number of carbonyl (C=O) groups is 1. The number of carboxylic acid groups (broad SMARTS) is 1. The van der Waals surface area contributed by atoms with Crippen molar-refractivity contribution >= 4 is 23.4 Å². The van der Waals surface area contributed by atoms with E-state index in [0.29, 0.717) is 5.56 Å². The van der Waals surface area contributed by atoms with E-state index in [0.717, 1.165) is 6.07 Å². The summed E-state index contributed by atoms with van der Waals surface area (Å²) >= 11 is 1.18. The summed E-state index contributed by atoms with van der Waals surface area (Å²) in [5.74, 6) is -1.39. The fourth-order valence-electron chi connectivity index (χ4n) is 1.20. The average molecular weight is 274 g/mol. The van der Waals surface area contributed by atoms with Gasteiger partial charge in [0.2, 0.25) is 0 Å². The molecule has 0 amide bonds. The number of aliphatic carboxylic acids is 1. The van der Waals surface area contributed by atoms with Crippen LogP contribution >= 0.6 is 11.8 Å². The van der Waals surface area contributed by atoms with E-state index in [1.54, 1.807) is 0 Å². The molecule has 18 heavy (non-hydrogen) atoms. The molecule has 98 valence electrons. The zero-order valence-electron chi connectivity index (χ0n) is 9.21. The van der Waals surface area contributed by atoms with E-state index >= 15 is 0 Å².